The number of aromatic nitrogens is 1. The lowest BCUT2D eigenvalue weighted by Crippen LogP contribution is -2.21. The number of anilines is 1. The van der Waals surface area contributed by atoms with E-state index in [1.54, 1.807) is 17.6 Å². The summed E-state index contributed by atoms with van der Waals surface area (Å²) in [6.45, 7) is -0.347. The SMILES string of the molecule is COc1cccc(C(=O)O)c1OCC(=O)Nc1nccs1. The fraction of sp³-hybridized carbons (Fsp3) is 0.154. The summed E-state index contributed by atoms with van der Waals surface area (Å²) in [6, 6.07) is 4.46. The second-order valence-electron chi connectivity index (χ2n) is 3.82. The van der Waals surface area contributed by atoms with Crippen LogP contribution >= 0.6 is 11.3 Å². The summed E-state index contributed by atoms with van der Waals surface area (Å²) < 4.78 is 10.3. The molecule has 2 rings (SSSR count). The summed E-state index contributed by atoms with van der Waals surface area (Å²) >= 11 is 1.27. The molecule has 0 radical (unpaired) electrons. The highest BCUT2D eigenvalue weighted by atomic mass is 32.1. The number of rotatable bonds is 6. The normalized spacial score (nSPS) is 9.95. The molecule has 1 aromatic carbocycles. The molecule has 2 N–H and O–H groups in total. The minimum Gasteiger partial charge on any atom is -0.493 e. The Hall–Kier alpha value is -2.61. The fourth-order valence-corrected chi connectivity index (χ4v) is 2.12. The molecule has 7 nitrogen and oxygen atoms in total. The smallest absolute Gasteiger partial charge is 0.339 e. The number of amides is 1. The molecule has 0 fully saturated rings. The van der Waals surface area contributed by atoms with Gasteiger partial charge in [0.05, 0.1) is 7.11 Å². The van der Waals surface area contributed by atoms with Crippen molar-refractivity contribution in [3.8, 4) is 11.5 Å². The lowest BCUT2D eigenvalue weighted by molar-refractivity contribution is -0.118. The van der Waals surface area contributed by atoms with Gasteiger partial charge in [0.25, 0.3) is 5.91 Å². The Balaban J connectivity index is 2.08. The average Bonchev–Trinajstić information content (AvgIpc) is 2.97. The van der Waals surface area contributed by atoms with E-state index in [2.05, 4.69) is 10.3 Å². The van der Waals surface area contributed by atoms with Crippen LogP contribution in [0.1, 0.15) is 10.4 Å². The van der Waals surface area contributed by atoms with Crippen molar-refractivity contribution in [2.45, 2.75) is 0 Å². The molecule has 0 spiro atoms. The number of hydrogen-bond donors (Lipinski definition) is 2. The molecule has 0 aliphatic carbocycles. The van der Waals surface area contributed by atoms with Gasteiger partial charge in [-0.1, -0.05) is 6.07 Å². The molecule has 0 saturated heterocycles. The molecule has 0 atom stereocenters. The van der Waals surface area contributed by atoms with Gasteiger partial charge in [-0.05, 0) is 12.1 Å². The number of benzene rings is 1. The van der Waals surface area contributed by atoms with Crippen LogP contribution in [0.15, 0.2) is 29.8 Å². The van der Waals surface area contributed by atoms with E-state index in [0.717, 1.165) is 0 Å². The molecule has 0 bridgehead atoms. The zero-order chi connectivity index (χ0) is 15.2. The lowest BCUT2D eigenvalue weighted by Gasteiger charge is -2.12. The molecule has 1 aromatic heterocycles. The van der Waals surface area contributed by atoms with E-state index in [4.69, 9.17) is 14.6 Å². The second kappa shape index (κ2) is 6.71. The number of nitrogens with one attached hydrogen (secondary N) is 1. The molecule has 110 valence electrons. The number of thiazole rings is 1. The third kappa shape index (κ3) is 3.69. The number of aromatic carboxylic acids is 1. The number of methoxy groups -OCH3 is 1. The van der Waals surface area contributed by atoms with Gasteiger partial charge < -0.3 is 14.6 Å². The van der Waals surface area contributed by atoms with Gasteiger partial charge in [-0.3, -0.25) is 10.1 Å². The summed E-state index contributed by atoms with van der Waals surface area (Å²) in [7, 11) is 1.39. The number of carbonyl (C=O) groups is 2. The standard InChI is InChI=1S/C13H12N2O5S/c1-19-9-4-2-3-8(12(17)18)11(9)20-7-10(16)15-13-14-5-6-21-13/h2-6H,7H2,1H3,(H,17,18)(H,14,15,16). The molecular formula is C13H12N2O5S. The molecule has 21 heavy (non-hydrogen) atoms. The maximum absolute atomic E-state index is 11.7. The third-order valence-corrected chi connectivity index (χ3v) is 3.14. The topological polar surface area (TPSA) is 97.8 Å². The first-order valence-corrected chi connectivity index (χ1v) is 6.72. The van der Waals surface area contributed by atoms with E-state index < -0.39 is 11.9 Å². The maximum atomic E-state index is 11.7. The molecule has 0 aliphatic heterocycles. The minimum atomic E-state index is -1.16. The molecule has 1 heterocycles. The molecular weight excluding hydrogens is 296 g/mol. The summed E-state index contributed by atoms with van der Waals surface area (Å²) in [5, 5.41) is 13.8. The van der Waals surface area contributed by atoms with Crippen molar-refractivity contribution in [1.82, 2.24) is 4.98 Å². The number of carboxylic acid groups (broad SMARTS) is 1. The van der Waals surface area contributed by atoms with Gasteiger partial charge in [0.2, 0.25) is 0 Å². The van der Waals surface area contributed by atoms with Crippen LogP contribution < -0.4 is 14.8 Å². The van der Waals surface area contributed by atoms with E-state index in [1.807, 2.05) is 0 Å². The predicted molar refractivity (Wildman–Crippen MR) is 76.2 cm³/mol. The zero-order valence-electron chi connectivity index (χ0n) is 11.0. The highest BCUT2D eigenvalue weighted by Gasteiger charge is 2.17. The van der Waals surface area contributed by atoms with E-state index in [1.165, 1.54) is 30.6 Å². The van der Waals surface area contributed by atoms with Crippen molar-refractivity contribution in [1.29, 1.82) is 0 Å². The number of hydrogen-bond acceptors (Lipinski definition) is 6. The van der Waals surface area contributed by atoms with E-state index in [9.17, 15) is 9.59 Å². The van der Waals surface area contributed by atoms with Crippen LogP contribution in [0.5, 0.6) is 11.5 Å². The first-order valence-electron chi connectivity index (χ1n) is 5.84. The van der Waals surface area contributed by atoms with Gasteiger partial charge in [-0.25, -0.2) is 9.78 Å². The Morgan fingerprint density at radius 3 is 2.86 bits per heavy atom. The van der Waals surface area contributed by atoms with Gasteiger partial charge >= 0.3 is 5.97 Å². The van der Waals surface area contributed by atoms with Crippen LogP contribution in [-0.4, -0.2) is 35.7 Å². The first kappa shape index (κ1) is 14.8. The number of nitrogens with zero attached hydrogens (tertiary/aromatic N) is 1. The largest absolute Gasteiger partial charge is 0.493 e. The van der Waals surface area contributed by atoms with Crippen molar-refractivity contribution in [3.05, 3.63) is 35.3 Å². The van der Waals surface area contributed by atoms with Crippen LogP contribution in [-0.2, 0) is 4.79 Å². The number of ether oxygens (including phenoxy) is 2. The van der Waals surface area contributed by atoms with Crippen molar-refractivity contribution in [2.24, 2.45) is 0 Å². The molecule has 8 heteroatoms. The van der Waals surface area contributed by atoms with Crippen LogP contribution in [0.3, 0.4) is 0 Å². The predicted octanol–water partition coefficient (Wildman–Crippen LogP) is 1.87. The molecule has 1 amide bonds. The summed E-state index contributed by atoms with van der Waals surface area (Å²) in [6.07, 6.45) is 1.56. The summed E-state index contributed by atoms with van der Waals surface area (Å²) in [4.78, 5) is 26.8. The number of carboxylic acids is 1. The second-order valence-corrected chi connectivity index (χ2v) is 4.71. The average molecular weight is 308 g/mol. The number of para-hydroxylation sites is 1. The van der Waals surface area contributed by atoms with Crippen LogP contribution in [0.2, 0.25) is 0 Å². The molecule has 0 aliphatic rings. The third-order valence-electron chi connectivity index (χ3n) is 2.46. The van der Waals surface area contributed by atoms with Crippen LogP contribution in [0.4, 0.5) is 5.13 Å². The van der Waals surface area contributed by atoms with Crippen LogP contribution in [0.25, 0.3) is 0 Å². The van der Waals surface area contributed by atoms with Gasteiger partial charge in [0, 0.05) is 11.6 Å². The lowest BCUT2D eigenvalue weighted by atomic mass is 10.2. The van der Waals surface area contributed by atoms with Gasteiger partial charge in [-0.2, -0.15) is 0 Å². The molecule has 2 aromatic rings. The first-order chi connectivity index (χ1) is 10.1. The minimum absolute atomic E-state index is 0.0155. The molecule has 0 saturated carbocycles. The number of carbonyl (C=O) groups excluding carboxylic acids is 1. The van der Waals surface area contributed by atoms with E-state index in [-0.39, 0.29) is 23.7 Å². The van der Waals surface area contributed by atoms with Crippen molar-refractivity contribution >= 4 is 28.3 Å². The summed E-state index contributed by atoms with van der Waals surface area (Å²) in [5.41, 5.74) is -0.0728. The van der Waals surface area contributed by atoms with Crippen molar-refractivity contribution in [3.63, 3.8) is 0 Å². The Kier molecular flexibility index (Phi) is 4.72. The quantitative estimate of drug-likeness (QED) is 0.845. The van der Waals surface area contributed by atoms with Crippen molar-refractivity contribution in [2.75, 3.05) is 19.0 Å². The monoisotopic (exact) mass is 308 g/mol. The highest BCUT2D eigenvalue weighted by molar-refractivity contribution is 7.13. The van der Waals surface area contributed by atoms with Gasteiger partial charge in [0.15, 0.2) is 23.2 Å². The Morgan fingerprint density at radius 1 is 1.43 bits per heavy atom. The highest BCUT2D eigenvalue weighted by Crippen LogP contribution is 2.31. The van der Waals surface area contributed by atoms with Gasteiger partial charge in [0.1, 0.15) is 5.56 Å². The molecule has 0 unspecified atom stereocenters. The zero-order valence-corrected chi connectivity index (χ0v) is 11.8. The van der Waals surface area contributed by atoms with E-state index in [0.29, 0.717) is 5.13 Å². The van der Waals surface area contributed by atoms with E-state index >= 15 is 0 Å². The fourth-order valence-electron chi connectivity index (χ4n) is 1.57. The van der Waals surface area contributed by atoms with Crippen molar-refractivity contribution < 1.29 is 24.2 Å². The Labute approximate surface area is 124 Å². The van der Waals surface area contributed by atoms with Crippen LogP contribution in [0, 0.1) is 0 Å². The van der Waals surface area contributed by atoms with Gasteiger partial charge in [-0.15, -0.1) is 11.3 Å². The summed E-state index contributed by atoms with van der Waals surface area (Å²) in [5.74, 6) is -1.34. The Bertz CT molecular complexity index is 642. The maximum Gasteiger partial charge on any atom is 0.339 e. The Morgan fingerprint density at radius 2 is 2.24 bits per heavy atom.